The molecule has 1 aromatic rings. The number of piperidine rings is 1. The Balaban J connectivity index is 1.94. The number of rotatable bonds is 2. The maximum Gasteiger partial charge on any atom is 0.495 e. The third-order valence-electron chi connectivity index (χ3n) is 6.00. The minimum Gasteiger partial charge on any atom is -0.399 e. The van der Waals surface area contributed by atoms with Gasteiger partial charge in [0, 0.05) is 18.8 Å². The molecule has 0 unspecified atom stereocenters. The third kappa shape index (κ3) is 3.61. The summed E-state index contributed by atoms with van der Waals surface area (Å²) in [4.78, 5) is 2.03. The molecule has 0 atom stereocenters. The van der Waals surface area contributed by atoms with Crippen molar-refractivity contribution in [1.82, 2.24) is 0 Å². The normalized spacial score (nSPS) is 23.5. The van der Waals surface area contributed by atoms with Crippen molar-refractivity contribution in [3.63, 3.8) is 0 Å². The van der Waals surface area contributed by atoms with E-state index in [0.29, 0.717) is 11.6 Å². The van der Waals surface area contributed by atoms with Gasteiger partial charge < -0.3 is 14.2 Å². The van der Waals surface area contributed by atoms with Gasteiger partial charge in [-0.3, -0.25) is 0 Å². The lowest BCUT2D eigenvalue weighted by Crippen LogP contribution is -2.41. The van der Waals surface area contributed by atoms with Crippen LogP contribution in [0, 0.1) is 5.92 Å². The molecule has 0 aromatic heterocycles. The van der Waals surface area contributed by atoms with E-state index in [-0.39, 0.29) is 5.46 Å². The van der Waals surface area contributed by atoms with E-state index in [4.69, 9.17) is 9.31 Å². The maximum atomic E-state index is 13.8. The zero-order valence-corrected chi connectivity index (χ0v) is 16.1. The van der Waals surface area contributed by atoms with Crippen LogP contribution in [0.3, 0.4) is 0 Å². The van der Waals surface area contributed by atoms with Gasteiger partial charge in [-0.1, -0.05) is 13.0 Å². The second kappa shape index (κ2) is 6.45. The molecule has 0 radical (unpaired) electrons. The Morgan fingerprint density at radius 2 is 1.58 bits per heavy atom. The Hall–Kier alpha value is -1.21. The van der Waals surface area contributed by atoms with Crippen LogP contribution in [0.25, 0.3) is 0 Å². The minimum absolute atomic E-state index is 0.0466. The molecule has 1 aromatic carbocycles. The van der Waals surface area contributed by atoms with E-state index in [9.17, 15) is 13.2 Å². The van der Waals surface area contributed by atoms with Gasteiger partial charge in [-0.05, 0) is 64.1 Å². The lowest BCUT2D eigenvalue weighted by Gasteiger charge is -2.32. The Morgan fingerprint density at radius 3 is 2.08 bits per heavy atom. The summed E-state index contributed by atoms with van der Waals surface area (Å²) in [6.07, 6.45) is -2.46. The standard InChI is InChI=1S/C19H27BF3NO2/c1-13-8-10-24(11-9-13)14-6-7-16(15(12-14)19(21,22)23)20-25-17(2,3)18(4,5)26-20/h6-7,12-13H,8-11H2,1-5H3. The van der Waals surface area contributed by atoms with Gasteiger partial charge in [0.05, 0.1) is 16.8 Å². The predicted molar refractivity (Wildman–Crippen MR) is 97.8 cm³/mol. The van der Waals surface area contributed by atoms with E-state index in [1.165, 1.54) is 12.1 Å². The number of nitrogens with zero attached hydrogens (tertiary/aromatic N) is 1. The van der Waals surface area contributed by atoms with Crippen LogP contribution in [-0.4, -0.2) is 31.4 Å². The van der Waals surface area contributed by atoms with Crippen molar-refractivity contribution in [2.75, 3.05) is 18.0 Å². The summed E-state index contributed by atoms with van der Waals surface area (Å²) < 4.78 is 53.0. The number of alkyl halides is 3. The van der Waals surface area contributed by atoms with Crippen LogP contribution in [0.1, 0.15) is 53.0 Å². The van der Waals surface area contributed by atoms with Crippen LogP contribution in [0.15, 0.2) is 18.2 Å². The molecule has 0 saturated carbocycles. The first-order valence-electron chi connectivity index (χ1n) is 9.22. The first-order valence-corrected chi connectivity index (χ1v) is 9.22. The van der Waals surface area contributed by atoms with Gasteiger partial charge >= 0.3 is 13.3 Å². The van der Waals surface area contributed by atoms with E-state index < -0.39 is 30.1 Å². The Morgan fingerprint density at radius 1 is 1.04 bits per heavy atom. The number of hydrogen-bond donors (Lipinski definition) is 0. The lowest BCUT2D eigenvalue weighted by molar-refractivity contribution is -0.136. The molecule has 144 valence electrons. The molecule has 7 heteroatoms. The number of halogens is 3. The summed E-state index contributed by atoms with van der Waals surface area (Å²) in [5, 5.41) is 0. The summed E-state index contributed by atoms with van der Waals surface area (Å²) in [5.74, 6) is 0.623. The zero-order valence-electron chi connectivity index (χ0n) is 16.1. The maximum absolute atomic E-state index is 13.8. The monoisotopic (exact) mass is 369 g/mol. The molecule has 0 bridgehead atoms. The lowest BCUT2D eigenvalue weighted by atomic mass is 9.75. The van der Waals surface area contributed by atoms with Crippen LogP contribution >= 0.6 is 0 Å². The molecule has 0 spiro atoms. The van der Waals surface area contributed by atoms with Crippen molar-refractivity contribution in [3.05, 3.63) is 23.8 Å². The van der Waals surface area contributed by atoms with Crippen molar-refractivity contribution in [2.45, 2.75) is 64.8 Å². The predicted octanol–water partition coefficient (Wildman–Crippen LogP) is 4.24. The first kappa shape index (κ1) is 19.6. The summed E-state index contributed by atoms with van der Waals surface area (Å²) in [7, 11) is -1.02. The molecule has 0 N–H and O–H groups in total. The van der Waals surface area contributed by atoms with E-state index in [2.05, 4.69) is 6.92 Å². The van der Waals surface area contributed by atoms with Gasteiger partial charge in [-0.15, -0.1) is 0 Å². The largest absolute Gasteiger partial charge is 0.495 e. The molecule has 2 aliphatic rings. The molecule has 26 heavy (non-hydrogen) atoms. The molecule has 0 amide bonds. The number of hydrogen-bond acceptors (Lipinski definition) is 3. The third-order valence-corrected chi connectivity index (χ3v) is 6.00. The molecule has 2 fully saturated rings. The summed E-state index contributed by atoms with van der Waals surface area (Å²) in [6.45, 7) is 11.1. The zero-order chi connectivity index (χ0) is 19.3. The molecule has 2 heterocycles. The highest BCUT2D eigenvalue weighted by Gasteiger charge is 2.53. The highest BCUT2D eigenvalue weighted by atomic mass is 19.4. The van der Waals surface area contributed by atoms with Gasteiger partial charge in [0.25, 0.3) is 0 Å². The van der Waals surface area contributed by atoms with E-state index in [1.54, 1.807) is 6.07 Å². The first-order chi connectivity index (χ1) is 11.9. The van der Waals surface area contributed by atoms with Crippen molar-refractivity contribution in [2.24, 2.45) is 5.92 Å². The average Bonchev–Trinajstić information content (AvgIpc) is 2.75. The van der Waals surface area contributed by atoms with Gasteiger partial charge in [0.1, 0.15) is 0 Å². The van der Waals surface area contributed by atoms with Gasteiger partial charge in [0.2, 0.25) is 0 Å². The van der Waals surface area contributed by atoms with E-state index in [1.807, 2.05) is 32.6 Å². The van der Waals surface area contributed by atoms with E-state index in [0.717, 1.165) is 25.9 Å². The quantitative estimate of drug-likeness (QED) is 0.728. The van der Waals surface area contributed by atoms with Crippen LogP contribution in [-0.2, 0) is 15.5 Å². The molecule has 3 rings (SSSR count). The Labute approximate surface area is 154 Å². The smallest absolute Gasteiger partial charge is 0.399 e. The van der Waals surface area contributed by atoms with Crippen molar-refractivity contribution in [1.29, 1.82) is 0 Å². The minimum atomic E-state index is -4.46. The number of anilines is 1. The summed E-state index contributed by atoms with van der Waals surface area (Å²) >= 11 is 0. The fraction of sp³-hybridized carbons (Fsp3) is 0.684. The fourth-order valence-corrected chi connectivity index (χ4v) is 3.43. The SMILES string of the molecule is CC1CCN(c2ccc(B3OC(C)(C)C(C)(C)O3)c(C(F)(F)F)c2)CC1. The van der Waals surface area contributed by atoms with Crippen LogP contribution < -0.4 is 10.4 Å². The fourth-order valence-electron chi connectivity index (χ4n) is 3.43. The van der Waals surface area contributed by atoms with Crippen LogP contribution in [0.4, 0.5) is 18.9 Å². The topological polar surface area (TPSA) is 21.7 Å². The number of benzene rings is 1. The van der Waals surface area contributed by atoms with E-state index >= 15 is 0 Å². The molecule has 3 nitrogen and oxygen atoms in total. The second-order valence-electron chi connectivity index (χ2n) is 8.53. The highest BCUT2D eigenvalue weighted by Crippen LogP contribution is 2.39. The molecular weight excluding hydrogens is 342 g/mol. The van der Waals surface area contributed by atoms with Gasteiger partial charge in [-0.25, -0.2) is 0 Å². The van der Waals surface area contributed by atoms with Gasteiger partial charge in [-0.2, -0.15) is 13.2 Å². The average molecular weight is 369 g/mol. The summed E-state index contributed by atoms with van der Waals surface area (Å²) in [5.41, 5.74) is -1.37. The Kier molecular flexibility index (Phi) is 4.85. The van der Waals surface area contributed by atoms with Crippen molar-refractivity contribution in [3.8, 4) is 0 Å². The molecule has 2 aliphatic heterocycles. The highest BCUT2D eigenvalue weighted by molar-refractivity contribution is 6.62. The van der Waals surface area contributed by atoms with Crippen molar-refractivity contribution < 1.29 is 22.5 Å². The van der Waals surface area contributed by atoms with Crippen molar-refractivity contribution >= 4 is 18.3 Å². The van der Waals surface area contributed by atoms with Crippen LogP contribution in [0.2, 0.25) is 0 Å². The Bertz CT molecular complexity index is 651. The second-order valence-corrected chi connectivity index (χ2v) is 8.53. The molecule has 2 saturated heterocycles. The van der Waals surface area contributed by atoms with Crippen LogP contribution in [0.5, 0.6) is 0 Å². The summed E-state index contributed by atoms with van der Waals surface area (Å²) in [6, 6.07) is 4.51. The molecular formula is C19H27BF3NO2. The van der Waals surface area contributed by atoms with Gasteiger partial charge in [0.15, 0.2) is 0 Å². The molecule has 0 aliphatic carbocycles.